The van der Waals surface area contributed by atoms with Crippen molar-refractivity contribution in [1.82, 2.24) is 4.72 Å². The Morgan fingerprint density at radius 2 is 1.62 bits per heavy atom. The fourth-order valence-electron chi connectivity index (χ4n) is 1.89. The Kier molecular flexibility index (Phi) is 6.00. The SMILES string of the molecule is O=[N+]([O-])c1ccc(Cl)cc1NCCNS(=O)(=O)c1ccc(Cl)cc1. The standard InChI is InChI=1S/C14H13Cl2N3O4S/c15-10-1-4-12(5-2-10)24(22,23)18-8-7-17-13-9-11(16)3-6-14(13)19(20)21/h1-6,9,17-18H,7-8H2. The molecule has 2 aromatic rings. The van der Waals surface area contributed by atoms with E-state index in [1.54, 1.807) is 0 Å². The number of hydrogen-bond donors (Lipinski definition) is 2. The van der Waals surface area contributed by atoms with Crippen LogP contribution in [0.3, 0.4) is 0 Å². The van der Waals surface area contributed by atoms with E-state index in [1.165, 1.54) is 42.5 Å². The van der Waals surface area contributed by atoms with Crippen molar-refractivity contribution in [2.24, 2.45) is 0 Å². The van der Waals surface area contributed by atoms with E-state index in [1.807, 2.05) is 0 Å². The molecule has 0 radical (unpaired) electrons. The Labute approximate surface area is 148 Å². The van der Waals surface area contributed by atoms with E-state index in [2.05, 4.69) is 10.0 Å². The Morgan fingerprint density at radius 1 is 1.00 bits per heavy atom. The van der Waals surface area contributed by atoms with Crippen molar-refractivity contribution < 1.29 is 13.3 Å². The van der Waals surface area contributed by atoms with Crippen LogP contribution in [-0.2, 0) is 10.0 Å². The summed E-state index contributed by atoms with van der Waals surface area (Å²) in [5, 5.41) is 14.5. The third-order valence-electron chi connectivity index (χ3n) is 3.01. The van der Waals surface area contributed by atoms with Gasteiger partial charge in [0.1, 0.15) is 5.69 Å². The van der Waals surface area contributed by atoms with E-state index < -0.39 is 14.9 Å². The molecule has 0 atom stereocenters. The molecule has 0 saturated heterocycles. The third kappa shape index (κ3) is 4.81. The van der Waals surface area contributed by atoms with Crippen LogP contribution < -0.4 is 10.0 Å². The summed E-state index contributed by atoms with van der Waals surface area (Å²) in [4.78, 5) is 10.5. The summed E-state index contributed by atoms with van der Waals surface area (Å²) in [5.74, 6) is 0. The molecular formula is C14H13Cl2N3O4S. The van der Waals surface area contributed by atoms with Crippen LogP contribution in [0.5, 0.6) is 0 Å². The van der Waals surface area contributed by atoms with E-state index in [9.17, 15) is 18.5 Å². The first-order valence-electron chi connectivity index (χ1n) is 6.72. The van der Waals surface area contributed by atoms with Crippen molar-refractivity contribution in [2.45, 2.75) is 4.90 Å². The van der Waals surface area contributed by atoms with Gasteiger partial charge in [0.25, 0.3) is 5.69 Å². The van der Waals surface area contributed by atoms with Crippen molar-refractivity contribution >= 4 is 44.6 Å². The second-order valence-corrected chi connectivity index (χ2v) is 7.34. The maximum absolute atomic E-state index is 12.1. The Balaban J connectivity index is 1.97. The Morgan fingerprint density at radius 3 is 2.25 bits per heavy atom. The quantitative estimate of drug-likeness (QED) is 0.429. The van der Waals surface area contributed by atoms with Gasteiger partial charge < -0.3 is 5.32 Å². The molecule has 2 rings (SSSR count). The molecule has 128 valence electrons. The molecule has 0 bridgehead atoms. The zero-order valence-corrected chi connectivity index (χ0v) is 14.5. The van der Waals surface area contributed by atoms with Crippen LogP contribution in [0.1, 0.15) is 0 Å². The second kappa shape index (κ2) is 7.80. The minimum atomic E-state index is -3.67. The van der Waals surface area contributed by atoms with Gasteiger partial charge in [0.05, 0.1) is 9.82 Å². The average Bonchev–Trinajstić information content (AvgIpc) is 2.52. The van der Waals surface area contributed by atoms with Crippen LogP contribution in [0, 0.1) is 10.1 Å². The summed E-state index contributed by atoms with van der Waals surface area (Å²) in [5.41, 5.74) is 0.0816. The van der Waals surface area contributed by atoms with Gasteiger partial charge in [-0.05, 0) is 36.4 Å². The molecule has 0 aliphatic heterocycles. The first-order valence-corrected chi connectivity index (χ1v) is 8.96. The predicted octanol–water partition coefficient (Wildman–Crippen LogP) is 3.29. The van der Waals surface area contributed by atoms with E-state index in [0.717, 1.165) is 0 Å². The lowest BCUT2D eigenvalue weighted by Crippen LogP contribution is -2.29. The molecule has 2 N–H and O–H groups in total. The molecular weight excluding hydrogens is 377 g/mol. The number of rotatable bonds is 7. The Bertz CT molecular complexity index is 842. The lowest BCUT2D eigenvalue weighted by Gasteiger charge is -2.09. The highest BCUT2D eigenvalue weighted by Crippen LogP contribution is 2.27. The molecule has 0 aliphatic carbocycles. The van der Waals surface area contributed by atoms with Crippen molar-refractivity contribution in [2.75, 3.05) is 18.4 Å². The minimum absolute atomic E-state index is 0.0363. The summed E-state index contributed by atoms with van der Waals surface area (Å²) in [6.45, 7) is 0.183. The number of sulfonamides is 1. The highest BCUT2D eigenvalue weighted by Gasteiger charge is 2.15. The van der Waals surface area contributed by atoms with Gasteiger partial charge in [-0.25, -0.2) is 13.1 Å². The van der Waals surface area contributed by atoms with Crippen molar-refractivity contribution in [3.05, 3.63) is 62.6 Å². The van der Waals surface area contributed by atoms with Gasteiger partial charge in [0.2, 0.25) is 10.0 Å². The van der Waals surface area contributed by atoms with E-state index >= 15 is 0 Å². The fourth-order valence-corrected chi connectivity index (χ4v) is 3.22. The van der Waals surface area contributed by atoms with Crippen LogP contribution >= 0.6 is 23.2 Å². The molecule has 24 heavy (non-hydrogen) atoms. The number of nitrogens with one attached hydrogen (secondary N) is 2. The summed E-state index contributed by atoms with van der Waals surface area (Å²) < 4.78 is 26.5. The number of nitro groups is 1. The number of nitrogens with zero attached hydrogens (tertiary/aromatic N) is 1. The molecule has 10 heteroatoms. The molecule has 2 aromatic carbocycles. The predicted molar refractivity (Wildman–Crippen MR) is 93.2 cm³/mol. The summed E-state index contributed by atoms with van der Waals surface area (Å²) in [7, 11) is -3.67. The number of halogens is 2. The van der Waals surface area contributed by atoms with Gasteiger partial charge >= 0.3 is 0 Å². The summed E-state index contributed by atoms with van der Waals surface area (Å²) >= 11 is 11.5. The van der Waals surface area contributed by atoms with E-state index in [4.69, 9.17) is 23.2 Å². The molecule has 0 aliphatic rings. The van der Waals surface area contributed by atoms with Crippen molar-refractivity contribution in [3.63, 3.8) is 0 Å². The number of anilines is 1. The van der Waals surface area contributed by atoms with Crippen LogP contribution in [0.25, 0.3) is 0 Å². The van der Waals surface area contributed by atoms with Gasteiger partial charge in [-0.3, -0.25) is 10.1 Å². The summed E-state index contributed by atoms with van der Waals surface area (Å²) in [6.07, 6.45) is 0. The van der Waals surface area contributed by atoms with Gasteiger partial charge in [-0.2, -0.15) is 0 Å². The zero-order valence-electron chi connectivity index (χ0n) is 12.2. The molecule has 0 aromatic heterocycles. The van der Waals surface area contributed by atoms with Gasteiger partial charge in [-0.15, -0.1) is 0 Å². The van der Waals surface area contributed by atoms with E-state index in [-0.39, 0.29) is 29.4 Å². The minimum Gasteiger partial charge on any atom is -0.378 e. The highest BCUT2D eigenvalue weighted by molar-refractivity contribution is 7.89. The first-order chi connectivity index (χ1) is 11.3. The van der Waals surface area contributed by atoms with Crippen LogP contribution in [-0.4, -0.2) is 26.4 Å². The topological polar surface area (TPSA) is 101 Å². The van der Waals surface area contributed by atoms with Crippen LogP contribution in [0.2, 0.25) is 10.0 Å². The van der Waals surface area contributed by atoms with Crippen LogP contribution in [0.4, 0.5) is 11.4 Å². The van der Waals surface area contributed by atoms with Gasteiger partial charge in [-0.1, -0.05) is 23.2 Å². The molecule has 0 heterocycles. The van der Waals surface area contributed by atoms with Gasteiger partial charge in [0.15, 0.2) is 0 Å². The molecule has 0 unspecified atom stereocenters. The molecule has 0 amide bonds. The summed E-state index contributed by atoms with van der Waals surface area (Å²) in [6, 6.07) is 9.83. The normalized spacial score (nSPS) is 11.2. The number of benzene rings is 2. The van der Waals surface area contributed by atoms with E-state index in [0.29, 0.717) is 10.0 Å². The third-order valence-corrected chi connectivity index (χ3v) is 4.98. The van der Waals surface area contributed by atoms with Crippen molar-refractivity contribution in [1.29, 1.82) is 0 Å². The highest BCUT2D eigenvalue weighted by atomic mass is 35.5. The fraction of sp³-hybridized carbons (Fsp3) is 0.143. The monoisotopic (exact) mass is 389 g/mol. The maximum Gasteiger partial charge on any atom is 0.292 e. The average molecular weight is 390 g/mol. The lowest BCUT2D eigenvalue weighted by atomic mass is 10.2. The zero-order chi connectivity index (χ0) is 17.7. The van der Waals surface area contributed by atoms with Crippen molar-refractivity contribution in [3.8, 4) is 0 Å². The largest absolute Gasteiger partial charge is 0.378 e. The second-order valence-electron chi connectivity index (χ2n) is 4.70. The van der Waals surface area contributed by atoms with Crippen LogP contribution in [0.15, 0.2) is 47.4 Å². The maximum atomic E-state index is 12.1. The molecule has 0 spiro atoms. The smallest absolute Gasteiger partial charge is 0.292 e. The molecule has 0 saturated carbocycles. The number of nitro benzene ring substituents is 1. The number of hydrogen-bond acceptors (Lipinski definition) is 5. The molecule has 7 nitrogen and oxygen atoms in total. The molecule has 0 fully saturated rings. The first kappa shape index (κ1) is 18.5. The Hall–Kier alpha value is -1.87. The van der Waals surface area contributed by atoms with Gasteiger partial charge in [0, 0.05) is 29.2 Å². The lowest BCUT2D eigenvalue weighted by molar-refractivity contribution is -0.384.